The van der Waals surface area contributed by atoms with Crippen LogP contribution in [0.2, 0.25) is 0 Å². The van der Waals surface area contributed by atoms with E-state index in [1.807, 2.05) is 0 Å². The Kier molecular flexibility index (Phi) is 4.95. The minimum absolute atomic E-state index is 0.440. The maximum Gasteiger partial charge on any atom is 0.573 e. The summed E-state index contributed by atoms with van der Waals surface area (Å²) in [5, 5.41) is 0. The summed E-state index contributed by atoms with van der Waals surface area (Å²) in [4.78, 5) is 26.4. The quantitative estimate of drug-likeness (QED) is 0.780. The van der Waals surface area contributed by atoms with Crippen molar-refractivity contribution in [3.8, 4) is 11.5 Å². The van der Waals surface area contributed by atoms with E-state index in [9.17, 15) is 22.8 Å². The fourth-order valence-corrected chi connectivity index (χ4v) is 1.32. The summed E-state index contributed by atoms with van der Waals surface area (Å²) in [6, 6.07) is 0.847. The molecule has 0 radical (unpaired) electrons. The lowest BCUT2D eigenvalue weighted by Gasteiger charge is -2.15. The van der Waals surface area contributed by atoms with E-state index in [0.29, 0.717) is 0 Å². The van der Waals surface area contributed by atoms with Gasteiger partial charge in [0.05, 0.1) is 21.3 Å². The van der Waals surface area contributed by atoms with Crippen LogP contribution in [0.15, 0.2) is 6.07 Å². The molecule has 0 aliphatic carbocycles. The van der Waals surface area contributed by atoms with Gasteiger partial charge in [-0.3, -0.25) is 0 Å². The van der Waals surface area contributed by atoms with E-state index in [0.717, 1.165) is 27.4 Å². The van der Waals surface area contributed by atoms with Crippen molar-refractivity contribution < 1.29 is 41.7 Å². The van der Waals surface area contributed by atoms with Gasteiger partial charge in [0.15, 0.2) is 17.1 Å². The van der Waals surface area contributed by atoms with Gasteiger partial charge in [-0.25, -0.2) is 14.6 Å². The molecule has 116 valence electrons. The first-order chi connectivity index (χ1) is 9.73. The highest BCUT2D eigenvalue weighted by molar-refractivity contribution is 5.95. The molecule has 0 aliphatic rings. The zero-order valence-corrected chi connectivity index (χ0v) is 11.1. The standard InChI is InChI=1S/C11H10F3NO6/c1-18-6-4-5(9(16)19-2)15-7(10(17)20-3)8(6)21-11(12,13)14/h4H,1-3H3. The lowest BCUT2D eigenvalue weighted by atomic mass is 10.2. The van der Waals surface area contributed by atoms with Gasteiger partial charge < -0.3 is 18.9 Å². The van der Waals surface area contributed by atoms with Crippen LogP contribution >= 0.6 is 0 Å². The number of aromatic nitrogens is 1. The number of esters is 2. The van der Waals surface area contributed by atoms with E-state index >= 15 is 0 Å². The monoisotopic (exact) mass is 309 g/mol. The van der Waals surface area contributed by atoms with Crippen molar-refractivity contribution in [2.75, 3.05) is 21.3 Å². The average molecular weight is 309 g/mol. The van der Waals surface area contributed by atoms with Crippen LogP contribution in [-0.2, 0) is 9.47 Å². The second-order valence-electron chi connectivity index (χ2n) is 3.42. The molecule has 1 aromatic rings. The number of hydrogen-bond acceptors (Lipinski definition) is 7. The summed E-state index contributed by atoms with van der Waals surface area (Å²) in [6.45, 7) is 0. The summed E-state index contributed by atoms with van der Waals surface area (Å²) in [5.41, 5.74) is -1.31. The van der Waals surface area contributed by atoms with Gasteiger partial charge in [-0.2, -0.15) is 0 Å². The molecule has 10 heteroatoms. The minimum Gasteiger partial charge on any atom is -0.493 e. The van der Waals surface area contributed by atoms with Gasteiger partial charge in [0, 0.05) is 6.07 Å². The molecule has 7 nitrogen and oxygen atoms in total. The highest BCUT2D eigenvalue weighted by Gasteiger charge is 2.36. The van der Waals surface area contributed by atoms with Crippen LogP contribution in [0.25, 0.3) is 0 Å². The fourth-order valence-electron chi connectivity index (χ4n) is 1.32. The van der Waals surface area contributed by atoms with Crippen molar-refractivity contribution >= 4 is 11.9 Å². The van der Waals surface area contributed by atoms with Crippen molar-refractivity contribution in [2.45, 2.75) is 6.36 Å². The molecule has 0 aliphatic heterocycles. The smallest absolute Gasteiger partial charge is 0.493 e. The Bertz CT molecular complexity index is 558. The Hall–Kier alpha value is -2.52. The van der Waals surface area contributed by atoms with Gasteiger partial charge in [-0.15, -0.1) is 13.2 Å². The molecule has 0 unspecified atom stereocenters. The van der Waals surface area contributed by atoms with Gasteiger partial charge in [0.1, 0.15) is 0 Å². The molecular formula is C11H10F3NO6. The molecule has 0 spiro atoms. The van der Waals surface area contributed by atoms with Crippen molar-refractivity contribution in [3.63, 3.8) is 0 Å². The molecule has 1 aromatic heterocycles. The first kappa shape index (κ1) is 16.5. The molecule has 1 rings (SSSR count). The number of halogens is 3. The third-order valence-corrected chi connectivity index (χ3v) is 2.15. The van der Waals surface area contributed by atoms with E-state index in [1.165, 1.54) is 0 Å². The molecule has 21 heavy (non-hydrogen) atoms. The molecule has 1 heterocycles. The van der Waals surface area contributed by atoms with E-state index in [1.54, 1.807) is 0 Å². The van der Waals surface area contributed by atoms with Crippen LogP contribution in [0.4, 0.5) is 13.2 Å². The highest BCUT2D eigenvalue weighted by atomic mass is 19.4. The number of carbonyl (C=O) groups is 2. The van der Waals surface area contributed by atoms with E-state index < -0.39 is 41.2 Å². The van der Waals surface area contributed by atoms with Gasteiger partial charge in [-0.05, 0) is 0 Å². The molecule has 0 saturated heterocycles. The summed E-state index contributed by atoms with van der Waals surface area (Å²) >= 11 is 0. The van der Waals surface area contributed by atoms with Gasteiger partial charge in [-0.1, -0.05) is 0 Å². The van der Waals surface area contributed by atoms with E-state index in [-0.39, 0.29) is 0 Å². The van der Waals surface area contributed by atoms with Crippen LogP contribution in [0.5, 0.6) is 11.5 Å². The number of carbonyl (C=O) groups excluding carboxylic acids is 2. The highest BCUT2D eigenvalue weighted by Crippen LogP contribution is 2.35. The number of pyridine rings is 1. The van der Waals surface area contributed by atoms with Gasteiger partial charge in [0.25, 0.3) is 0 Å². The fraction of sp³-hybridized carbons (Fsp3) is 0.364. The average Bonchev–Trinajstić information content (AvgIpc) is 2.44. The summed E-state index contributed by atoms with van der Waals surface area (Å²) < 4.78 is 54.2. The molecule has 0 fully saturated rings. The van der Waals surface area contributed by atoms with E-state index in [4.69, 9.17) is 0 Å². The van der Waals surface area contributed by atoms with Gasteiger partial charge in [0.2, 0.25) is 5.75 Å². The Labute approximate surface area is 116 Å². The first-order valence-corrected chi connectivity index (χ1v) is 5.25. The van der Waals surface area contributed by atoms with Crippen LogP contribution in [0.1, 0.15) is 21.0 Å². The SMILES string of the molecule is COC(=O)c1cc(OC)c(OC(F)(F)F)c(C(=O)OC)n1. The third kappa shape index (κ3) is 3.97. The predicted molar refractivity (Wildman–Crippen MR) is 60.2 cm³/mol. The van der Waals surface area contributed by atoms with Crippen molar-refractivity contribution in [3.05, 3.63) is 17.5 Å². The zero-order valence-electron chi connectivity index (χ0n) is 11.1. The lowest BCUT2D eigenvalue weighted by Crippen LogP contribution is -2.22. The molecule has 0 amide bonds. The van der Waals surface area contributed by atoms with Crippen LogP contribution in [-0.4, -0.2) is 44.6 Å². The Morgan fingerprint density at radius 1 is 1.10 bits per heavy atom. The Morgan fingerprint density at radius 2 is 1.67 bits per heavy atom. The number of nitrogens with zero attached hydrogens (tertiary/aromatic N) is 1. The molecular weight excluding hydrogens is 299 g/mol. The number of alkyl halides is 3. The van der Waals surface area contributed by atoms with Crippen molar-refractivity contribution in [2.24, 2.45) is 0 Å². The molecule has 0 aromatic carbocycles. The molecule has 0 atom stereocenters. The predicted octanol–water partition coefficient (Wildman–Crippen LogP) is 1.56. The molecule has 0 bridgehead atoms. The zero-order chi connectivity index (χ0) is 16.2. The van der Waals surface area contributed by atoms with Crippen molar-refractivity contribution in [1.29, 1.82) is 0 Å². The summed E-state index contributed by atoms with van der Waals surface area (Å²) in [5.74, 6) is -3.75. The number of ether oxygens (including phenoxy) is 4. The largest absolute Gasteiger partial charge is 0.573 e. The van der Waals surface area contributed by atoms with Crippen LogP contribution in [0, 0.1) is 0 Å². The lowest BCUT2D eigenvalue weighted by molar-refractivity contribution is -0.275. The maximum absolute atomic E-state index is 12.4. The second-order valence-corrected chi connectivity index (χ2v) is 3.42. The second kappa shape index (κ2) is 6.29. The molecule has 0 N–H and O–H groups in total. The summed E-state index contributed by atoms with van der Waals surface area (Å²) in [7, 11) is 2.99. The topological polar surface area (TPSA) is 84.0 Å². The minimum atomic E-state index is -5.09. The maximum atomic E-state index is 12.4. The number of methoxy groups -OCH3 is 3. The summed E-state index contributed by atoms with van der Waals surface area (Å²) in [6.07, 6.45) is -5.09. The number of rotatable bonds is 4. The van der Waals surface area contributed by atoms with Crippen LogP contribution < -0.4 is 9.47 Å². The third-order valence-electron chi connectivity index (χ3n) is 2.15. The Balaban J connectivity index is 3.51. The van der Waals surface area contributed by atoms with Crippen LogP contribution in [0.3, 0.4) is 0 Å². The van der Waals surface area contributed by atoms with Gasteiger partial charge >= 0.3 is 18.3 Å². The Morgan fingerprint density at radius 3 is 2.10 bits per heavy atom. The van der Waals surface area contributed by atoms with E-state index in [2.05, 4.69) is 23.9 Å². The molecule has 0 saturated carbocycles. The normalized spacial score (nSPS) is 10.8. The number of hydrogen-bond donors (Lipinski definition) is 0. The van der Waals surface area contributed by atoms with Crippen molar-refractivity contribution in [1.82, 2.24) is 4.98 Å². The first-order valence-electron chi connectivity index (χ1n) is 5.25.